The molecule has 2 unspecified atom stereocenters. The number of aryl methyl sites for hydroxylation is 1. The van der Waals surface area contributed by atoms with E-state index in [1.54, 1.807) is 12.4 Å². The fourth-order valence-electron chi connectivity index (χ4n) is 1.91. The van der Waals surface area contributed by atoms with Crippen LogP contribution in [0.2, 0.25) is 0 Å². The van der Waals surface area contributed by atoms with Crippen molar-refractivity contribution in [1.29, 1.82) is 0 Å². The van der Waals surface area contributed by atoms with Gasteiger partial charge < -0.3 is 0 Å². The summed E-state index contributed by atoms with van der Waals surface area (Å²) >= 11 is 0. The summed E-state index contributed by atoms with van der Waals surface area (Å²) in [6.45, 7) is 3.65. The summed E-state index contributed by atoms with van der Waals surface area (Å²) in [6.07, 6.45) is 2.96. The molecule has 1 amide bonds. The summed E-state index contributed by atoms with van der Waals surface area (Å²) in [5, 5.41) is 13.3. The predicted octanol–water partition coefficient (Wildman–Crippen LogP) is 2.04. The van der Waals surface area contributed by atoms with E-state index in [1.165, 1.54) is 31.0 Å². The van der Waals surface area contributed by atoms with E-state index in [0.717, 1.165) is 5.92 Å². The highest BCUT2D eigenvalue weighted by Gasteiger charge is 2.28. The van der Waals surface area contributed by atoms with Crippen LogP contribution >= 0.6 is 0 Å². The maximum absolute atomic E-state index is 12.6. The van der Waals surface area contributed by atoms with Gasteiger partial charge in [0.15, 0.2) is 0 Å². The molecule has 1 fully saturated rings. The largest absolute Gasteiger partial charge is 0.289 e. The fraction of sp³-hybridized carbons (Fsp3) is 0.500. The van der Waals surface area contributed by atoms with E-state index in [-0.39, 0.29) is 11.7 Å². The van der Waals surface area contributed by atoms with Crippen molar-refractivity contribution >= 4 is 16.9 Å². The second-order valence-electron chi connectivity index (χ2n) is 5.26. The van der Waals surface area contributed by atoms with Crippen LogP contribution in [0.25, 0.3) is 0 Å². The van der Waals surface area contributed by atoms with E-state index in [2.05, 4.69) is 0 Å². The van der Waals surface area contributed by atoms with Gasteiger partial charge in [-0.25, -0.2) is 19.2 Å². The van der Waals surface area contributed by atoms with E-state index in [4.69, 9.17) is 10.3 Å². The molecule has 0 spiro atoms. The van der Waals surface area contributed by atoms with Crippen LogP contribution in [0.15, 0.2) is 23.1 Å². The van der Waals surface area contributed by atoms with E-state index < -0.39 is 11.0 Å². The van der Waals surface area contributed by atoms with Gasteiger partial charge in [-0.3, -0.25) is 10.0 Å². The highest BCUT2D eigenvalue weighted by Crippen LogP contribution is 2.37. The maximum Gasteiger partial charge on any atom is 0.243 e. The summed E-state index contributed by atoms with van der Waals surface area (Å²) in [7, 11) is -1.51. The third-order valence-corrected chi connectivity index (χ3v) is 4.14. The standard InChI is InChI=1S/C7H8FNOS.C7H13NO2/c1-5-4-6(11(9)10)2-3-7(5)8;1-5(6-2-3-6)4-7(9)8-10/h2-4H,9H2,1H3;5-6,10H,2-4H2,1H3,(H,8,9). The van der Waals surface area contributed by atoms with Crippen molar-refractivity contribution < 1.29 is 18.6 Å². The number of hydroxylamine groups is 1. The number of amides is 1. The highest BCUT2D eigenvalue weighted by atomic mass is 32.2. The van der Waals surface area contributed by atoms with E-state index in [9.17, 15) is 13.4 Å². The van der Waals surface area contributed by atoms with Crippen molar-refractivity contribution in [2.24, 2.45) is 17.0 Å². The summed E-state index contributed by atoms with van der Waals surface area (Å²) in [6, 6.07) is 4.15. The summed E-state index contributed by atoms with van der Waals surface area (Å²) < 4.78 is 23.3. The van der Waals surface area contributed by atoms with Gasteiger partial charge in [-0.05, 0) is 55.4 Å². The molecule has 118 valence electrons. The van der Waals surface area contributed by atoms with Crippen molar-refractivity contribution in [3.05, 3.63) is 29.6 Å². The number of nitrogens with one attached hydrogen (secondary N) is 1. The molecule has 21 heavy (non-hydrogen) atoms. The van der Waals surface area contributed by atoms with Gasteiger partial charge >= 0.3 is 0 Å². The number of carbonyl (C=O) groups is 1. The van der Waals surface area contributed by atoms with Crippen LogP contribution in [0.1, 0.15) is 31.7 Å². The van der Waals surface area contributed by atoms with Crippen LogP contribution in [-0.4, -0.2) is 15.3 Å². The maximum atomic E-state index is 12.6. The van der Waals surface area contributed by atoms with Crippen molar-refractivity contribution in [3.8, 4) is 0 Å². The number of hydrogen-bond acceptors (Lipinski definition) is 3. The molecule has 1 aliphatic carbocycles. The minimum absolute atomic E-state index is 0.264. The Morgan fingerprint density at radius 2 is 2.19 bits per heavy atom. The van der Waals surface area contributed by atoms with Crippen molar-refractivity contribution in [3.63, 3.8) is 0 Å². The minimum Gasteiger partial charge on any atom is -0.289 e. The SMILES string of the molecule is CC(CC(=O)NO)C1CC1.Cc1cc(S(N)=O)ccc1F. The smallest absolute Gasteiger partial charge is 0.243 e. The van der Waals surface area contributed by atoms with Crippen molar-refractivity contribution in [2.45, 2.75) is 38.0 Å². The lowest BCUT2D eigenvalue weighted by molar-refractivity contribution is -0.130. The Morgan fingerprint density at radius 3 is 2.62 bits per heavy atom. The topological polar surface area (TPSA) is 92.4 Å². The molecule has 1 aliphatic rings. The molecule has 1 aromatic carbocycles. The third-order valence-electron chi connectivity index (χ3n) is 3.42. The predicted molar refractivity (Wildman–Crippen MR) is 78.2 cm³/mol. The van der Waals surface area contributed by atoms with Gasteiger partial charge in [-0.1, -0.05) is 6.92 Å². The Labute approximate surface area is 126 Å². The molecule has 2 atom stereocenters. The zero-order valence-corrected chi connectivity index (χ0v) is 13.0. The van der Waals surface area contributed by atoms with Gasteiger partial charge in [0, 0.05) is 6.42 Å². The first kappa shape index (κ1) is 17.7. The Bertz CT molecular complexity index is 521. The molecule has 0 bridgehead atoms. The zero-order chi connectivity index (χ0) is 16.0. The van der Waals surface area contributed by atoms with Crippen LogP contribution in [0.5, 0.6) is 0 Å². The first-order valence-electron chi connectivity index (χ1n) is 6.70. The normalized spacial score (nSPS) is 16.4. The van der Waals surface area contributed by atoms with Crippen molar-refractivity contribution in [2.75, 3.05) is 0 Å². The Balaban J connectivity index is 0.000000211. The molecule has 1 saturated carbocycles. The number of rotatable bonds is 4. The monoisotopic (exact) mass is 316 g/mol. The zero-order valence-electron chi connectivity index (χ0n) is 12.1. The average molecular weight is 316 g/mol. The van der Waals surface area contributed by atoms with Crippen LogP contribution in [0, 0.1) is 24.6 Å². The molecule has 0 radical (unpaired) electrons. The second kappa shape index (κ2) is 8.21. The quantitative estimate of drug-likeness (QED) is 0.586. The molecule has 0 aromatic heterocycles. The van der Waals surface area contributed by atoms with Crippen LogP contribution in [0.4, 0.5) is 4.39 Å². The Morgan fingerprint density at radius 1 is 1.57 bits per heavy atom. The molecule has 2 rings (SSSR count). The first-order valence-corrected chi connectivity index (χ1v) is 7.91. The Kier molecular flexibility index (Phi) is 6.94. The lowest BCUT2D eigenvalue weighted by Gasteiger charge is -2.06. The van der Waals surface area contributed by atoms with E-state index in [1.807, 2.05) is 6.92 Å². The molecular weight excluding hydrogens is 295 g/mol. The average Bonchev–Trinajstić information content (AvgIpc) is 3.26. The third kappa shape index (κ3) is 6.33. The number of halogens is 1. The summed E-state index contributed by atoms with van der Waals surface area (Å²) in [5.74, 6) is 0.600. The summed E-state index contributed by atoms with van der Waals surface area (Å²) in [5.41, 5.74) is 2.10. The van der Waals surface area contributed by atoms with Gasteiger partial charge in [0.2, 0.25) is 5.91 Å². The van der Waals surface area contributed by atoms with Gasteiger partial charge in [-0.2, -0.15) is 0 Å². The number of nitrogens with two attached hydrogens (primary N) is 1. The van der Waals surface area contributed by atoms with E-state index >= 15 is 0 Å². The highest BCUT2D eigenvalue weighted by molar-refractivity contribution is 7.82. The molecule has 4 N–H and O–H groups in total. The van der Waals surface area contributed by atoms with Crippen LogP contribution in [-0.2, 0) is 15.8 Å². The molecule has 5 nitrogen and oxygen atoms in total. The van der Waals surface area contributed by atoms with Crippen LogP contribution < -0.4 is 10.6 Å². The van der Waals surface area contributed by atoms with Gasteiger partial charge in [0.25, 0.3) is 0 Å². The van der Waals surface area contributed by atoms with Crippen LogP contribution in [0.3, 0.4) is 0 Å². The summed E-state index contributed by atoms with van der Waals surface area (Å²) in [4.78, 5) is 11.0. The molecule has 0 saturated heterocycles. The number of hydrogen-bond donors (Lipinski definition) is 3. The van der Waals surface area contributed by atoms with Gasteiger partial charge in [0.1, 0.15) is 16.8 Å². The second-order valence-corrected chi connectivity index (χ2v) is 6.33. The van der Waals surface area contributed by atoms with Crippen molar-refractivity contribution in [1.82, 2.24) is 5.48 Å². The first-order chi connectivity index (χ1) is 9.85. The van der Waals surface area contributed by atoms with E-state index in [0.29, 0.717) is 22.8 Å². The minimum atomic E-state index is -1.51. The lowest BCUT2D eigenvalue weighted by atomic mass is 10.0. The Hall–Kier alpha value is -1.31. The molecule has 1 aromatic rings. The molecule has 7 heteroatoms. The molecular formula is C14H21FN2O3S. The number of benzene rings is 1. The number of carbonyl (C=O) groups excluding carboxylic acids is 1. The fourth-order valence-corrected chi connectivity index (χ4v) is 2.41. The van der Waals surface area contributed by atoms with Gasteiger partial charge in [-0.15, -0.1) is 0 Å². The van der Waals surface area contributed by atoms with Gasteiger partial charge in [0.05, 0.1) is 4.90 Å². The molecule has 0 aliphatic heterocycles. The molecule has 0 heterocycles. The lowest BCUT2D eigenvalue weighted by Crippen LogP contribution is -2.21.